The molecule has 6 heteroatoms. The molecule has 0 aliphatic carbocycles. The van der Waals surface area contributed by atoms with E-state index < -0.39 is 0 Å². The smallest absolute Gasteiger partial charge is 0.310 e. The molecule has 0 bridgehead atoms. The fraction of sp³-hybridized carbons (Fsp3) is 0.533. The molecule has 1 aliphatic rings. The van der Waals surface area contributed by atoms with Crippen LogP contribution in [0.4, 0.5) is 0 Å². The molecule has 0 spiro atoms. The van der Waals surface area contributed by atoms with E-state index in [9.17, 15) is 14.4 Å². The molecule has 1 aliphatic heterocycles. The second-order valence-electron chi connectivity index (χ2n) is 5.45. The summed E-state index contributed by atoms with van der Waals surface area (Å²) in [5.74, 6) is -0.929. The van der Waals surface area contributed by atoms with Crippen molar-refractivity contribution < 1.29 is 14.3 Å². The van der Waals surface area contributed by atoms with Gasteiger partial charge in [-0.3, -0.25) is 14.4 Å². The van der Waals surface area contributed by atoms with Gasteiger partial charge in [0.25, 0.3) is 11.5 Å². The maximum Gasteiger partial charge on any atom is 0.310 e. The molecule has 2 rings (SSSR count). The number of hydrogen-bond acceptors (Lipinski definition) is 4. The van der Waals surface area contributed by atoms with Gasteiger partial charge >= 0.3 is 5.97 Å². The van der Waals surface area contributed by atoms with Gasteiger partial charge in [0.2, 0.25) is 0 Å². The SMILES string of the molecule is COC(=O)C1CCCN(C(=O)c2c(C)cc(C)[nH]c2=O)C1. The minimum absolute atomic E-state index is 0.158. The Kier molecular flexibility index (Phi) is 4.45. The number of esters is 1. The van der Waals surface area contributed by atoms with Crippen LogP contribution in [-0.2, 0) is 9.53 Å². The Morgan fingerprint density at radius 1 is 1.38 bits per heavy atom. The van der Waals surface area contributed by atoms with Crippen LogP contribution in [-0.4, -0.2) is 42.0 Å². The molecule has 0 aromatic carbocycles. The summed E-state index contributed by atoms with van der Waals surface area (Å²) >= 11 is 0. The maximum absolute atomic E-state index is 12.6. The predicted octanol–water partition coefficient (Wildman–Crippen LogP) is 1.02. The summed E-state index contributed by atoms with van der Waals surface area (Å²) in [6.07, 6.45) is 1.44. The van der Waals surface area contributed by atoms with Crippen LogP contribution in [0.3, 0.4) is 0 Å². The molecular formula is C15H20N2O4. The van der Waals surface area contributed by atoms with Crippen molar-refractivity contribution in [1.82, 2.24) is 9.88 Å². The molecule has 0 saturated carbocycles. The number of carbonyl (C=O) groups is 2. The number of ether oxygens (including phenoxy) is 1. The van der Waals surface area contributed by atoms with E-state index in [1.165, 1.54) is 7.11 Å². The zero-order valence-corrected chi connectivity index (χ0v) is 12.6. The predicted molar refractivity (Wildman–Crippen MR) is 77.2 cm³/mol. The quantitative estimate of drug-likeness (QED) is 0.825. The Bertz CT molecular complexity index is 621. The van der Waals surface area contributed by atoms with Gasteiger partial charge in [-0.15, -0.1) is 0 Å². The molecular weight excluding hydrogens is 272 g/mol. The number of aromatic nitrogens is 1. The van der Waals surface area contributed by atoms with Gasteiger partial charge in [0.15, 0.2) is 0 Å². The first-order valence-corrected chi connectivity index (χ1v) is 7.01. The van der Waals surface area contributed by atoms with Gasteiger partial charge in [0.1, 0.15) is 5.56 Å². The average Bonchev–Trinajstić information content (AvgIpc) is 2.45. The van der Waals surface area contributed by atoms with Crippen molar-refractivity contribution >= 4 is 11.9 Å². The van der Waals surface area contributed by atoms with Gasteiger partial charge in [0.05, 0.1) is 13.0 Å². The molecule has 6 nitrogen and oxygen atoms in total. The van der Waals surface area contributed by atoms with Crippen molar-refractivity contribution in [3.63, 3.8) is 0 Å². The number of nitrogens with zero attached hydrogens (tertiary/aromatic N) is 1. The van der Waals surface area contributed by atoms with E-state index in [0.717, 1.165) is 12.1 Å². The van der Waals surface area contributed by atoms with Crippen LogP contribution in [0.2, 0.25) is 0 Å². The van der Waals surface area contributed by atoms with Crippen LogP contribution in [0.1, 0.15) is 34.5 Å². The highest BCUT2D eigenvalue weighted by Gasteiger charge is 2.31. The fourth-order valence-electron chi connectivity index (χ4n) is 2.80. The highest BCUT2D eigenvalue weighted by Crippen LogP contribution is 2.19. The second kappa shape index (κ2) is 6.11. The Hall–Kier alpha value is -2.11. The molecule has 1 saturated heterocycles. The Morgan fingerprint density at radius 2 is 2.10 bits per heavy atom. The number of pyridine rings is 1. The zero-order chi connectivity index (χ0) is 15.6. The van der Waals surface area contributed by atoms with Crippen molar-refractivity contribution in [2.45, 2.75) is 26.7 Å². The number of piperidine rings is 1. The van der Waals surface area contributed by atoms with Crippen LogP contribution in [0.25, 0.3) is 0 Å². The van der Waals surface area contributed by atoms with Crippen LogP contribution in [0.15, 0.2) is 10.9 Å². The van der Waals surface area contributed by atoms with E-state index in [-0.39, 0.29) is 28.9 Å². The summed E-state index contributed by atoms with van der Waals surface area (Å²) < 4.78 is 4.74. The van der Waals surface area contributed by atoms with E-state index >= 15 is 0 Å². The van der Waals surface area contributed by atoms with Crippen LogP contribution in [0, 0.1) is 19.8 Å². The van der Waals surface area contributed by atoms with E-state index in [1.54, 1.807) is 24.8 Å². The lowest BCUT2D eigenvalue weighted by atomic mass is 9.97. The van der Waals surface area contributed by atoms with E-state index in [0.29, 0.717) is 25.1 Å². The average molecular weight is 292 g/mol. The third-order valence-corrected chi connectivity index (χ3v) is 3.82. The molecule has 1 amide bonds. The topological polar surface area (TPSA) is 79.5 Å². The monoisotopic (exact) mass is 292 g/mol. The van der Waals surface area contributed by atoms with Crippen LogP contribution >= 0.6 is 0 Å². The molecule has 2 heterocycles. The summed E-state index contributed by atoms with van der Waals surface area (Å²) in [6, 6.07) is 1.77. The second-order valence-corrected chi connectivity index (χ2v) is 5.45. The van der Waals surface area contributed by atoms with E-state index in [2.05, 4.69) is 4.98 Å². The number of nitrogens with one attached hydrogen (secondary N) is 1. The van der Waals surface area contributed by atoms with Gasteiger partial charge < -0.3 is 14.6 Å². The number of rotatable bonds is 2. The summed E-state index contributed by atoms with van der Waals surface area (Å²) in [5.41, 5.74) is 1.16. The van der Waals surface area contributed by atoms with E-state index in [4.69, 9.17) is 4.74 Å². The number of carbonyl (C=O) groups excluding carboxylic acids is 2. The number of amides is 1. The van der Waals surface area contributed by atoms with Gasteiger partial charge in [-0.05, 0) is 38.3 Å². The lowest BCUT2D eigenvalue weighted by molar-refractivity contribution is -0.146. The first-order valence-electron chi connectivity index (χ1n) is 7.01. The number of methoxy groups -OCH3 is 1. The summed E-state index contributed by atoms with van der Waals surface area (Å²) in [7, 11) is 1.35. The number of likely N-dealkylation sites (tertiary alicyclic amines) is 1. The molecule has 1 unspecified atom stereocenters. The minimum Gasteiger partial charge on any atom is -0.469 e. The molecule has 1 atom stereocenters. The third-order valence-electron chi connectivity index (χ3n) is 3.82. The number of hydrogen-bond donors (Lipinski definition) is 1. The van der Waals surface area contributed by atoms with Crippen molar-refractivity contribution in [3.05, 3.63) is 33.2 Å². The lowest BCUT2D eigenvalue weighted by Crippen LogP contribution is -2.44. The zero-order valence-electron chi connectivity index (χ0n) is 12.6. The highest BCUT2D eigenvalue weighted by atomic mass is 16.5. The van der Waals surface area contributed by atoms with Crippen molar-refractivity contribution in [2.75, 3.05) is 20.2 Å². The van der Waals surface area contributed by atoms with Gasteiger partial charge in [-0.2, -0.15) is 0 Å². The summed E-state index contributed by atoms with van der Waals surface area (Å²) in [6.45, 7) is 4.38. The Morgan fingerprint density at radius 3 is 2.71 bits per heavy atom. The normalized spacial score (nSPS) is 18.4. The maximum atomic E-state index is 12.6. The molecule has 0 radical (unpaired) electrons. The highest BCUT2D eigenvalue weighted by molar-refractivity contribution is 5.95. The summed E-state index contributed by atoms with van der Waals surface area (Å²) in [5, 5.41) is 0. The molecule has 21 heavy (non-hydrogen) atoms. The molecule has 1 aromatic rings. The fourth-order valence-corrected chi connectivity index (χ4v) is 2.80. The summed E-state index contributed by atoms with van der Waals surface area (Å²) in [4.78, 5) is 40.4. The Labute approximate surface area is 123 Å². The first-order chi connectivity index (χ1) is 9.93. The molecule has 1 N–H and O–H groups in total. The standard InChI is InChI=1S/C15H20N2O4/c1-9-7-10(2)16-13(18)12(9)14(19)17-6-4-5-11(8-17)15(20)21-3/h7,11H,4-6,8H2,1-3H3,(H,16,18). The van der Waals surface area contributed by atoms with Crippen LogP contribution < -0.4 is 5.56 Å². The third kappa shape index (κ3) is 3.15. The van der Waals surface area contributed by atoms with Crippen LogP contribution in [0.5, 0.6) is 0 Å². The first kappa shape index (κ1) is 15.3. The number of aryl methyl sites for hydroxylation is 2. The van der Waals surface area contributed by atoms with Gasteiger partial charge in [-0.25, -0.2) is 0 Å². The Balaban J connectivity index is 2.24. The number of H-pyrrole nitrogens is 1. The molecule has 114 valence electrons. The lowest BCUT2D eigenvalue weighted by Gasteiger charge is -2.31. The van der Waals surface area contributed by atoms with Crippen molar-refractivity contribution in [2.24, 2.45) is 5.92 Å². The van der Waals surface area contributed by atoms with Gasteiger partial charge in [0, 0.05) is 18.8 Å². The number of aromatic amines is 1. The van der Waals surface area contributed by atoms with Crippen molar-refractivity contribution in [3.8, 4) is 0 Å². The minimum atomic E-state index is -0.377. The van der Waals surface area contributed by atoms with Crippen molar-refractivity contribution in [1.29, 1.82) is 0 Å². The molecule has 1 fully saturated rings. The van der Waals surface area contributed by atoms with Gasteiger partial charge in [-0.1, -0.05) is 0 Å². The largest absolute Gasteiger partial charge is 0.469 e. The van der Waals surface area contributed by atoms with E-state index in [1.807, 2.05) is 0 Å². The molecule has 1 aromatic heterocycles.